The minimum atomic E-state index is -0.502. The summed E-state index contributed by atoms with van der Waals surface area (Å²) in [5, 5.41) is 22.3. The third-order valence-electron chi connectivity index (χ3n) is 2.58. The number of aromatic nitrogens is 4. The maximum absolute atomic E-state index is 13.7. The highest BCUT2D eigenvalue weighted by Crippen LogP contribution is 2.34. The van der Waals surface area contributed by atoms with Gasteiger partial charge in [-0.15, -0.1) is 10.2 Å². The normalized spacial score (nSPS) is 11.2. The van der Waals surface area contributed by atoms with Crippen molar-refractivity contribution in [3.05, 3.63) is 29.8 Å². The molecule has 0 unspecified atom stereocenters. The number of phenols is 1. The fraction of sp³-hybridized carbons (Fsp3) is 0.182. The van der Waals surface area contributed by atoms with Gasteiger partial charge in [0.25, 0.3) is 0 Å². The Morgan fingerprint density at radius 3 is 2.94 bits per heavy atom. The molecule has 3 aromatic rings. The van der Waals surface area contributed by atoms with E-state index in [0.717, 1.165) is 0 Å². The van der Waals surface area contributed by atoms with E-state index >= 15 is 0 Å². The van der Waals surface area contributed by atoms with Crippen molar-refractivity contribution in [2.24, 2.45) is 0 Å². The molecule has 0 aliphatic rings. The first-order valence-electron chi connectivity index (χ1n) is 5.39. The van der Waals surface area contributed by atoms with Crippen LogP contribution in [0.25, 0.3) is 15.5 Å². The number of aromatic hydroxyl groups is 1. The van der Waals surface area contributed by atoms with Gasteiger partial charge in [-0.25, -0.2) is 4.39 Å². The van der Waals surface area contributed by atoms with Gasteiger partial charge >= 0.3 is 0 Å². The van der Waals surface area contributed by atoms with Crippen LogP contribution < -0.4 is 0 Å². The smallest absolute Gasteiger partial charge is 0.234 e. The maximum atomic E-state index is 13.7. The third-order valence-corrected chi connectivity index (χ3v) is 3.49. The van der Waals surface area contributed by atoms with Crippen LogP contribution in [0.3, 0.4) is 0 Å². The van der Waals surface area contributed by atoms with E-state index in [1.165, 1.54) is 29.5 Å². The van der Waals surface area contributed by atoms with E-state index in [-0.39, 0.29) is 11.3 Å². The zero-order valence-corrected chi connectivity index (χ0v) is 10.3. The minimum absolute atomic E-state index is 0.107. The first-order valence-corrected chi connectivity index (χ1v) is 6.21. The lowest BCUT2D eigenvalue weighted by atomic mass is 10.2. The van der Waals surface area contributed by atoms with Gasteiger partial charge < -0.3 is 5.11 Å². The predicted molar refractivity (Wildman–Crippen MR) is 65.1 cm³/mol. The number of benzene rings is 1. The van der Waals surface area contributed by atoms with Gasteiger partial charge in [-0.3, -0.25) is 0 Å². The van der Waals surface area contributed by atoms with E-state index in [9.17, 15) is 9.50 Å². The van der Waals surface area contributed by atoms with Crippen LogP contribution >= 0.6 is 11.3 Å². The molecule has 0 amide bonds. The zero-order chi connectivity index (χ0) is 12.7. The molecule has 3 rings (SSSR count). The Bertz CT molecular complexity index is 701. The first-order chi connectivity index (χ1) is 8.70. The van der Waals surface area contributed by atoms with Crippen LogP contribution in [0.15, 0.2) is 18.2 Å². The van der Waals surface area contributed by atoms with E-state index < -0.39 is 5.82 Å². The van der Waals surface area contributed by atoms with E-state index in [2.05, 4.69) is 15.3 Å². The molecule has 0 atom stereocenters. The number of nitrogens with zero attached hydrogens (tertiary/aromatic N) is 4. The monoisotopic (exact) mass is 264 g/mol. The lowest BCUT2D eigenvalue weighted by molar-refractivity contribution is 0.472. The highest BCUT2D eigenvalue weighted by atomic mass is 32.1. The molecule has 7 heteroatoms. The number of aryl methyl sites for hydroxylation is 1. The van der Waals surface area contributed by atoms with Crippen molar-refractivity contribution >= 4 is 16.3 Å². The summed E-state index contributed by atoms with van der Waals surface area (Å²) in [7, 11) is 0. The highest BCUT2D eigenvalue weighted by Gasteiger charge is 2.17. The lowest BCUT2D eigenvalue weighted by Crippen LogP contribution is -1.94. The molecule has 2 aromatic heterocycles. The summed E-state index contributed by atoms with van der Waals surface area (Å²) in [6.07, 6.45) is 0.688. The quantitative estimate of drug-likeness (QED) is 0.771. The average Bonchev–Trinajstić information content (AvgIpc) is 2.88. The lowest BCUT2D eigenvalue weighted by Gasteiger charge is -2.00. The summed E-state index contributed by atoms with van der Waals surface area (Å²) in [4.78, 5) is 0.588. The molecule has 0 fully saturated rings. The predicted octanol–water partition coefficient (Wildman–Crippen LogP) is 2.26. The molecule has 0 radical (unpaired) electrons. The van der Waals surface area contributed by atoms with Crippen LogP contribution in [-0.2, 0) is 6.42 Å². The molecule has 1 aromatic carbocycles. The molecule has 2 heterocycles. The van der Waals surface area contributed by atoms with Crippen LogP contribution in [-0.4, -0.2) is 24.9 Å². The Morgan fingerprint density at radius 2 is 2.22 bits per heavy atom. The van der Waals surface area contributed by atoms with Crippen LogP contribution in [0.1, 0.15) is 12.7 Å². The van der Waals surface area contributed by atoms with Gasteiger partial charge in [-0.2, -0.15) is 9.61 Å². The average molecular weight is 264 g/mol. The number of halogens is 1. The van der Waals surface area contributed by atoms with Gasteiger partial charge in [0, 0.05) is 6.42 Å². The van der Waals surface area contributed by atoms with Crippen molar-refractivity contribution in [2.75, 3.05) is 0 Å². The van der Waals surface area contributed by atoms with Crippen molar-refractivity contribution < 1.29 is 9.50 Å². The van der Waals surface area contributed by atoms with Crippen molar-refractivity contribution in [1.82, 2.24) is 19.8 Å². The summed E-state index contributed by atoms with van der Waals surface area (Å²) in [6.45, 7) is 1.94. The van der Waals surface area contributed by atoms with E-state index in [1.54, 1.807) is 4.52 Å². The van der Waals surface area contributed by atoms with Crippen LogP contribution in [0.2, 0.25) is 0 Å². The second-order valence-electron chi connectivity index (χ2n) is 3.71. The van der Waals surface area contributed by atoms with Gasteiger partial charge in [0.1, 0.15) is 11.6 Å². The van der Waals surface area contributed by atoms with E-state index in [0.29, 0.717) is 22.2 Å². The summed E-state index contributed by atoms with van der Waals surface area (Å²) >= 11 is 1.19. The number of phenolic OH excluding ortho intramolecular Hbond substituents is 1. The number of hydrogen-bond acceptors (Lipinski definition) is 5. The van der Waals surface area contributed by atoms with Crippen molar-refractivity contribution in [2.45, 2.75) is 13.3 Å². The molecule has 5 nitrogen and oxygen atoms in total. The van der Waals surface area contributed by atoms with Crippen LogP contribution in [0, 0.1) is 5.82 Å². The first kappa shape index (κ1) is 11.1. The second kappa shape index (κ2) is 4.02. The molecular weight excluding hydrogens is 255 g/mol. The molecule has 0 saturated heterocycles. The fourth-order valence-corrected chi connectivity index (χ4v) is 2.62. The minimum Gasteiger partial charge on any atom is -0.507 e. The molecule has 0 bridgehead atoms. The van der Waals surface area contributed by atoms with E-state index in [1.807, 2.05) is 6.92 Å². The van der Waals surface area contributed by atoms with Crippen molar-refractivity contribution in [3.8, 4) is 16.3 Å². The highest BCUT2D eigenvalue weighted by molar-refractivity contribution is 7.19. The summed E-state index contributed by atoms with van der Waals surface area (Å²) in [6, 6.07) is 4.17. The molecule has 0 aliphatic heterocycles. The van der Waals surface area contributed by atoms with Gasteiger partial charge in [-0.1, -0.05) is 24.3 Å². The summed E-state index contributed by atoms with van der Waals surface area (Å²) < 4.78 is 15.3. The summed E-state index contributed by atoms with van der Waals surface area (Å²) in [5.74, 6) is 0.0827. The van der Waals surface area contributed by atoms with Crippen LogP contribution in [0.5, 0.6) is 5.75 Å². The van der Waals surface area contributed by atoms with E-state index in [4.69, 9.17) is 0 Å². The van der Waals surface area contributed by atoms with Gasteiger partial charge in [0.15, 0.2) is 10.8 Å². The Morgan fingerprint density at radius 1 is 1.39 bits per heavy atom. The zero-order valence-electron chi connectivity index (χ0n) is 9.46. The van der Waals surface area contributed by atoms with Gasteiger partial charge in [-0.05, 0) is 12.1 Å². The standard InChI is InChI=1S/C11H9FN4OS/c1-2-8-13-14-11-16(8)15-10(18-11)9-6(12)4-3-5-7(9)17/h3-5,17H,2H2,1H3. The fourth-order valence-electron chi connectivity index (χ4n) is 1.70. The second-order valence-corrected chi connectivity index (χ2v) is 4.66. The van der Waals surface area contributed by atoms with Crippen molar-refractivity contribution in [3.63, 3.8) is 0 Å². The molecule has 0 saturated carbocycles. The van der Waals surface area contributed by atoms with Crippen molar-refractivity contribution in [1.29, 1.82) is 0 Å². The SMILES string of the molecule is CCc1nnc2sc(-c3c(O)cccc3F)nn12. The van der Waals surface area contributed by atoms with Gasteiger partial charge in [0.2, 0.25) is 4.96 Å². The number of fused-ring (bicyclic) bond motifs is 1. The molecule has 18 heavy (non-hydrogen) atoms. The van der Waals surface area contributed by atoms with Crippen LogP contribution in [0.4, 0.5) is 4.39 Å². The molecule has 0 aliphatic carbocycles. The Kier molecular flexibility index (Phi) is 2.48. The Hall–Kier alpha value is -2.02. The van der Waals surface area contributed by atoms with Gasteiger partial charge in [0.05, 0.1) is 5.56 Å². The summed E-state index contributed by atoms with van der Waals surface area (Å²) in [5.41, 5.74) is 0.107. The molecule has 92 valence electrons. The molecule has 1 N–H and O–H groups in total. The molecular formula is C11H9FN4OS. The molecule has 0 spiro atoms. The number of hydrogen-bond donors (Lipinski definition) is 1. The topological polar surface area (TPSA) is 63.3 Å². The largest absolute Gasteiger partial charge is 0.507 e. The third kappa shape index (κ3) is 1.55. The number of rotatable bonds is 2. The maximum Gasteiger partial charge on any atom is 0.234 e. The Balaban J connectivity index is 2.23. The Labute approximate surface area is 106 Å².